The first-order valence-electron chi connectivity index (χ1n) is 9.39. The molecule has 3 heterocycles. The molecule has 1 unspecified atom stereocenters. The van der Waals surface area contributed by atoms with Gasteiger partial charge in [0.05, 0.1) is 17.8 Å². The lowest BCUT2D eigenvalue weighted by atomic mass is 10.0. The van der Waals surface area contributed by atoms with E-state index in [0.29, 0.717) is 25.5 Å². The summed E-state index contributed by atoms with van der Waals surface area (Å²) in [6, 6.07) is 5.84. The van der Waals surface area contributed by atoms with E-state index in [9.17, 15) is 18.0 Å². The van der Waals surface area contributed by atoms with Crippen molar-refractivity contribution >= 4 is 5.82 Å². The summed E-state index contributed by atoms with van der Waals surface area (Å²) in [4.78, 5) is 18.1. The van der Waals surface area contributed by atoms with Gasteiger partial charge in [0.1, 0.15) is 5.82 Å². The topological polar surface area (TPSA) is 63.1 Å². The monoisotopic (exact) mass is 395 g/mol. The number of hydrogen-bond donors (Lipinski definition) is 1. The first-order valence-corrected chi connectivity index (χ1v) is 9.39. The molecule has 2 aromatic rings. The minimum absolute atomic E-state index is 0.119. The number of rotatable bonds is 6. The molecular weight excluding hydrogens is 371 g/mol. The van der Waals surface area contributed by atoms with Gasteiger partial charge < -0.3 is 5.32 Å². The van der Waals surface area contributed by atoms with Crippen LogP contribution in [0.5, 0.6) is 0 Å². The predicted molar refractivity (Wildman–Crippen MR) is 100 cm³/mol. The summed E-state index contributed by atoms with van der Waals surface area (Å²) in [6.45, 7) is 4.57. The van der Waals surface area contributed by atoms with Crippen molar-refractivity contribution in [1.82, 2.24) is 19.7 Å². The fourth-order valence-electron chi connectivity index (χ4n) is 3.41. The predicted octanol–water partition coefficient (Wildman–Crippen LogP) is 2.93. The molecule has 0 aliphatic carbocycles. The Morgan fingerprint density at radius 2 is 2.00 bits per heavy atom. The number of aryl methyl sites for hydroxylation is 1. The van der Waals surface area contributed by atoms with Crippen LogP contribution in [0.2, 0.25) is 0 Å². The van der Waals surface area contributed by atoms with E-state index in [0.717, 1.165) is 43.8 Å². The van der Waals surface area contributed by atoms with Crippen molar-refractivity contribution in [3.8, 4) is 0 Å². The molecule has 1 atom stereocenters. The molecule has 1 aliphatic rings. The number of hydrogen-bond acceptors (Lipinski definition) is 5. The van der Waals surface area contributed by atoms with E-state index >= 15 is 0 Å². The maximum atomic E-state index is 12.6. The van der Waals surface area contributed by atoms with Crippen LogP contribution in [0, 0.1) is 6.92 Å². The molecule has 9 heteroatoms. The van der Waals surface area contributed by atoms with Crippen molar-refractivity contribution < 1.29 is 13.2 Å². The van der Waals surface area contributed by atoms with E-state index in [1.807, 2.05) is 6.92 Å². The molecule has 1 N–H and O–H groups in total. The van der Waals surface area contributed by atoms with Gasteiger partial charge in [-0.05, 0) is 44.5 Å². The maximum Gasteiger partial charge on any atom is 0.417 e. The smallest absolute Gasteiger partial charge is 0.369 e. The summed E-state index contributed by atoms with van der Waals surface area (Å²) in [5.74, 6) is 0.426. The minimum Gasteiger partial charge on any atom is -0.369 e. The highest BCUT2D eigenvalue weighted by Gasteiger charge is 2.30. The van der Waals surface area contributed by atoms with Crippen LogP contribution in [0.1, 0.15) is 30.5 Å². The number of piperidine rings is 1. The van der Waals surface area contributed by atoms with Gasteiger partial charge in [-0.1, -0.05) is 6.42 Å². The Morgan fingerprint density at radius 3 is 2.71 bits per heavy atom. The van der Waals surface area contributed by atoms with E-state index < -0.39 is 11.7 Å². The Hall–Kier alpha value is -2.42. The summed E-state index contributed by atoms with van der Waals surface area (Å²) in [5, 5.41) is 7.40. The standard InChI is InChI=1S/C19H24F3N5O/c1-14-5-8-18(28)27(25-14)11-10-26-9-3-2-4-16(26)13-24-17-7-6-15(12-23-17)19(20,21)22/h5-8,12,16H,2-4,9-11,13H2,1H3,(H,23,24). The number of nitrogens with zero attached hydrogens (tertiary/aromatic N) is 4. The van der Waals surface area contributed by atoms with Crippen molar-refractivity contribution in [1.29, 1.82) is 0 Å². The highest BCUT2D eigenvalue weighted by Crippen LogP contribution is 2.29. The highest BCUT2D eigenvalue weighted by atomic mass is 19.4. The summed E-state index contributed by atoms with van der Waals surface area (Å²) >= 11 is 0. The van der Waals surface area contributed by atoms with Gasteiger partial charge in [0.2, 0.25) is 0 Å². The van der Waals surface area contributed by atoms with Crippen LogP contribution in [0.15, 0.2) is 35.3 Å². The molecule has 2 aromatic heterocycles. The van der Waals surface area contributed by atoms with Gasteiger partial charge >= 0.3 is 6.18 Å². The molecule has 1 fully saturated rings. The van der Waals surface area contributed by atoms with Crippen LogP contribution in [-0.2, 0) is 12.7 Å². The molecule has 0 aromatic carbocycles. The number of pyridine rings is 1. The van der Waals surface area contributed by atoms with E-state index in [-0.39, 0.29) is 11.6 Å². The summed E-state index contributed by atoms with van der Waals surface area (Å²) < 4.78 is 39.4. The van der Waals surface area contributed by atoms with Gasteiger partial charge in [-0.25, -0.2) is 9.67 Å². The zero-order valence-corrected chi connectivity index (χ0v) is 15.7. The van der Waals surface area contributed by atoms with Crippen LogP contribution in [0.3, 0.4) is 0 Å². The molecule has 6 nitrogen and oxygen atoms in total. The second kappa shape index (κ2) is 8.72. The lowest BCUT2D eigenvalue weighted by Gasteiger charge is -2.35. The number of nitrogens with one attached hydrogen (secondary N) is 1. The quantitative estimate of drug-likeness (QED) is 0.815. The molecule has 1 aliphatic heterocycles. The fraction of sp³-hybridized carbons (Fsp3) is 0.526. The van der Waals surface area contributed by atoms with E-state index in [1.54, 1.807) is 6.07 Å². The van der Waals surface area contributed by atoms with Crippen molar-refractivity contribution in [2.45, 2.75) is 44.9 Å². The molecule has 152 valence electrons. The first-order chi connectivity index (χ1) is 13.3. The Bertz CT molecular complexity index is 835. The summed E-state index contributed by atoms with van der Waals surface area (Å²) in [7, 11) is 0. The van der Waals surface area contributed by atoms with Crippen molar-refractivity contribution in [3.63, 3.8) is 0 Å². The van der Waals surface area contributed by atoms with Crippen molar-refractivity contribution in [2.24, 2.45) is 0 Å². The van der Waals surface area contributed by atoms with Gasteiger partial charge in [-0.15, -0.1) is 0 Å². The molecular formula is C19H24F3N5O. The van der Waals surface area contributed by atoms with Crippen LogP contribution in [-0.4, -0.2) is 45.3 Å². The Morgan fingerprint density at radius 1 is 1.18 bits per heavy atom. The molecule has 0 saturated carbocycles. The third-order valence-corrected chi connectivity index (χ3v) is 4.96. The zero-order valence-electron chi connectivity index (χ0n) is 15.7. The van der Waals surface area contributed by atoms with Crippen LogP contribution in [0.4, 0.5) is 19.0 Å². The lowest BCUT2D eigenvalue weighted by Crippen LogP contribution is -2.45. The Kier molecular flexibility index (Phi) is 6.33. The van der Waals surface area contributed by atoms with Gasteiger partial charge in [0.25, 0.3) is 5.56 Å². The number of alkyl halides is 3. The second-order valence-corrected chi connectivity index (χ2v) is 7.03. The SMILES string of the molecule is Cc1ccc(=O)n(CCN2CCCCC2CNc2ccc(C(F)(F)F)cn2)n1. The van der Waals surface area contributed by atoms with Gasteiger partial charge in [-0.2, -0.15) is 18.3 Å². The Balaban J connectivity index is 1.57. The van der Waals surface area contributed by atoms with E-state index in [2.05, 4.69) is 20.3 Å². The fourth-order valence-corrected chi connectivity index (χ4v) is 3.41. The van der Waals surface area contributed by atoms with Crippen LogP contribution < -0.4 is 10.9 Å². The van der Waals surface area contributed by atoms with Crippen molar-refractivity contribution in [2.75, 3.05) is 25.0 Å². The molecule has 1 saturated heterocycles. The number of aromatic nitrogens is 3. The minimum atomic E-state index is -4.38. The highest BCUT2D eigenvalue weighted by molar-refractivity contribution is 5.36. The third-order valence-electron chi connectivity index (χ3n) is 4.96. The molecule has 0 bridgehead atoms. The molecule has 0 radical (unpaired) electrons. The van der Waals surface area contributed by atoms with Gasteiger partial charge in [0.15, 0.2) is 0 Å². The van der Waals surface area contributed by atoms with Crippen LogP contribution in [0.25, 0.3) is 0 Å². The normalized spacial score (nSPS) is 18.2. The first kappa shape index (κ1) is 20.3. The maximum absolute atomic E-state index is 12.6. The van der Waals surface area contributed by atoms with Gasteiger partial charge in [0, 0.05) is 31.4 Å². The Labute approximate surface area is 161 Å². The molecule has 0 spiro atoms. The lowest BCUT2D eigenvalue weighted by molar-refractivity contribution is -0.137. The summed E-state index contributed by atoms with van der Waals surface area (Å²) in [5.41, 5.74) is -0.0792. The average molecular weight is 395 g/mol. The number of halogens is 3. The molecule has 3 rings (SSSR count). The second-order valence-electron chi connectivity index (χ2n) is 7.03. The summed E-state index contributed by atoms with van der Waals surface area (Å²) in [6.07, 6.45) is -0.356. The number of anilines is 1. The third kappa shape index (κ3) is 5.31. The van der Waals surface area contributed by atoms with E-state index in [4.69, 9.17) is 0 Å². The largest absolute Gasteiger partial charge is 0.417 e. The van der Waals surface area contributed by atoms with Crippen LogP contribution >= 0.6 is 0 Å². The zero-order chi connectivity index (χ0) is 20.1. The molecule has 0 amide bonds. The average Bonchev–Trinajstić information content (AvgIpc) is 2.67. The molecule has 28 heavy (non-hydrogen) atoms. The van der Waals surface area contributed by atoms with Gasteiger partial charge in [-0.3, -0.25) is 9.69 Å². The van der Waals surface area contributed by atoms with E-state index in [1.165, 1.54) is 16.8 Å². The van der Waals surface area contributed by atoms with Crippen molar-refractivity contribution in [3.05, 3.63) is 52.1 Å². The number of likely N-dealkylation sites (tertiary alicyclic amines) is 1.